The van der Waals surface area contributed by atoms with Gasteiger partial charge in [0.2, 0.25) is 11.9 Å². The Labute approximate surface area is 369 Å². The van der Waals surface area contributed by atoms with Crippen molar-refractivity contribution in [3.63, 3.8) is 0 Å². The number of aryl methyl sites for hydroxylation is 1. The molecule has 7 N–H and O–H groups in total. The van der Waals surface area contributed by atoms with Crippen molar-refractivity contribution in [2.24, 2.45) is 5.92 Å². The van der Waals surface area contributed by atoms with Gasteiger partial charge in [-0.1, -0.05) is 26.0 Å². The summed E-state index contributed by atoms with van der Waals surface area (Å²) in [7, 11) is 1.85. The number of benzene rings is 1. The van der Waals surface area contributed by atoms with E-state index in [1.54, 1.807) is 30.5 Å². The van der Waals surface area contributed by atoms with E-state index in [2.05, 4.69) is 88.7 Å². The van der Waals surface area contributed by atoms with Crippen LogP contribution in [0.15, 0.2) is 36.7 Å². The van der Waals surface area contributed by atoms with Gasteiger partial charge in [0.1, 0.15) is 6.04 Å². The second kappa shape index (κ2) is 22.3. The fraction of sp³-hybridized carbons (Fsp3) is 0.605. The minimum absolute atomic E-state index is 0.0159. The number of carboxylic acids is 1. The maximum atomic E-state index is 13.0. The van der Waals surface area contributed by atoms with Crippen LogP contribution in [0.5, 0.6) is 0 Å². The molecule has 3 aromatic heterocycles. The number of anilines is 3. The summed E-state index contributed by atoms with van der Waals surface area (Å²) in [6.45, 7) is 17.4. The van der Waals surface area contributed by atoms with Gasteiger partial charge in [-0.2, -0.15) is 21.7 Å². The van der Waals surface area contributed by atoms with E-state index in [-0.39, 0.29) is 53.0 Å². The number of carbonyl (C=O) groups excluding carboxylic acids is 2. The van der Waals surface area contributed by atoms with Gasteiger partial charge in [0.15, 0.2) is 17.0 Å². The smallest absolute Gasteiger partial charge is 0.326 e. The third-order valence-electron chi connectivity index (χ3n) is 10.8. The van der Waals surface area contributed by atoms with Gasteiger partial charge in [-0.05, 0) is 102 Å². The van der Waals surface area contributed by atoms with E-state index in [0.717, 1.165) is 42.8 Å². The third-order valence-corrected chi connectivity index (χ3v) is 11.4. The lowest BCUT2D eigenvalue weighted by Crippen LogP contribution is -2.41. The van der Waals surface area contributed by atoms with Gasteiger partial charge in [0.25, 0.3) is 5.91 Å². The molecule has 2 amide bonds. The largest absolute Gasteiger partial charge is 0.480 e. The summed E-state index contributed by atoms with van der Waals surface area (Å²) in [5.74, 6) is -0.731. The standard InChI is InChI=1S/C43H66N12O6S/c1-28(16-21-60-42(4,5)17-20-55-27-33(52-53-55)41(2,3)18-22-61-43(6,7)19-23-62-9)24-46-34(56)15-14-32(39(58)59)49-38(57)29-10-12-31(13-11-29)54(8)26-30-25-47-37-35(48-30)36(44)50-40(45)51-37/h10-13,25,27-28,32H,14-24,26H2,1-9H3,(H,46,56)(H,49,57)(H,58,59)(H4,44,45,47,50,51). The van der Waals surface area contributed by atoms with Gasteiger partial charge in [-0.3, -0.25) is 14.3 Å². The molecule has 4 aromatic rings. The fourth-order valence-corrected chi connectivity index (χ4v) is 7.05. The number of nitrogens with zero attached hydrogens (tertiary/aromatic N) is 8. The van der Waals surface area contributed by atoms with E-state index >= 15 is 0 Å². The number of nitrogens with one attached hydrogen (secondary N) is 2. The van der Waals surface area contributed by atoms with Crippen LogP contribution >= 0.6 is 11.8 Å². The van der Waals surface area contributed by atoms with Crippen LogP contribution in [0.2, 0.25) is 0 Å². The molecule has 3 heterocycles. The van der Waals surface area contributed by atoms with Crippen molar-refractivity contribution in [3.8, 4) is 0 Å². The number of hydrogen-bond donors (Lipinski definition) is 5. The van der Waals surface area contributed by atoms with Crippen LogP contribution < -0.4 is 27.0 Å². The highest BCUT2D eigenvalue weighted by molar-refractivity contribution is 7.98. The van der Waals surface area contributed by atoms with Gasteiger partial charge in [-0.15, -0.1) is 5.10 Å². The molecule has 340 valence electrons. The molecule has 2 unspecified atom stereocenters. The molecule has 2 atom stereocenters. The summed E-state index contributed by atoms with van der Waals surface area (Å²) in [6, 6.07) is 5.43. The molecule has 0 spiro atoms. The highest BCUT2D eigenvalue weighted by Gasteiger charge is 2.27. The zero-order valence-electron chi connectivity index (χ0n) is 37.7. The van der Waals surface area contributed by atoms with Crippen molar-refractivity contribution in [1.29, 1.82) is 0 Å². The molecule has 0 aliphatic rings. The van der Waals surface area contributed by atoms with E-state index in [0.29, 0.717) is 49.7 Å². The number of aromatic nitrogens is 7. The molecule has 0 fully saturated rings. The fourth-order valence-electron chi connectivity index (χ4n) is 6.35. The van der Waals surface area contributed by atoms with Crippen LogP contribution in [-0.2, 0) is 37.6 Å². The lowest BCUT2D eigenvalue weighted by atomic mass is 9.86. The van der Waals surface area contributed by atoms with E-state index in [1.807, 2.05) is 41.5 Å². The number of nitrogen functional groups attached to an aromatic ring is 2. The molecule has 0 saturated carbocycles. The van der Waals surface area contributed by atoms with Crippen LogP contribution in [0, 0.1) is 5.92 Å². The molecular weight excluding hydrogens is 813 g/mol. The molecule has 18 nitrogen and oxygen atoms in total. The molecule has 62 heavy (non-hydrogen) atoms. The molecular formula is C43H66N12O6S. The second-order valence-electron chi connectivity index (χ2n) is 17.7. The summed E-state index contributed by atoms with van der Waals surface area (Å²) in [5, 5.41) is 24.1. The Morgan fingerprint density at radius 1 is 0.952 bits per heavy atom. The first-order valence-electron chi connectivity index (χ1n) is 21.0. The zero-order valence-corrected chi connectivity index (χ0v) is 38.5. The minimum Gasteiger partial charge on any atom is -0.480 e. The highest BCUT2D eigenvalue weighted by Crippen LogP contribution is 2.27. The van der Waals surface area contributed by atoms with Crippen LogP contribution in [0.3, 0.4) is 0 Å². The first-order chi connectivity index (χ1) is 29.2. The molecule has 0 radical (unpaired) electrons. The van der Waals surface area contributed by atoms with E-state index < -0.39 is 23.5 Å². The van der Waals surface area contributed by atoms with Crippen LogP contribution in [-0.4, -0.2) is 114 Å². The summed E-state index contributed by atoms with van der Waals surface area (Å²) < 4.78 is 14.3. The van der Waals surface area contributed by atoms with Gasteiger partial charge in [0.05, 0.1) is 35.3 Å². The molecule has 0 bridgehead atoms. The molecule has 0 aliphatic carbocycles. The highest BCUT2D eigenvalue weighted by atomic mass is 32.2. The Bertz CT molecular complexity index is 2090. The van der Waals surface area contributed by atoms with Crippen LogP contribution in [0.4, 0.5) is 17.5 Å². The molecule has 19 heteroatoms. The van der Waals surface area contributed by atoms with Crippen molar-refractivity contribution < 1.29 is 29.0 Å². The third kappa shape index (κ3) is 15.6. The number of nitrogens with two attached hydrogens (primary N) is 2. The van der Waals surface area contributed by atoms with Gasteiger partial charge in [-0.25, -0.2) is 14.8 Å². The number of aliphatic carboxylic acids is 1. The summed E-state index contributed by atoms with van der Waals surface area (Å²) >= 11 is 1.83. The Kier molecular flexibility index (Phi) is 17.8. The predicted molar refractivity (Wildman–Crippen MR) is 243 cm³/mol. The van der Waals surface area contributed by atoms with Gasteiger partial charge in [0, 0.05) is 62.6 Å². The molecule has 4 rings (SSSR count). The van der Waals surface area contributed by atoms with E-state index in [4.69, 9.17) is 20.9 Å². The monoisotopic (exact) mass is 878 g/mol. The number of rotatable bonds is 26. The Balaban J connectivity index is 1.13. The number of hydrogen-bond acceptors (Lipinski definition) is 15. The van der Waals surface area contributed by atoms with Gasteiger partial charge >= 0.3 is 5.97 Å². The van der Waals surface area contributed by atoms with Crippen molar-refractivity contribution in [3.05, 3.63) is 53.6 Å². The Morgan fingerprint density at radius 3 is 2.34 bits per heavy atom. The minimum atomic E-state index is -1.25. The Morgan fingerprint density at radius 2 is 1.65 bits per heavy atom. The summed E-state index contributed by atoms with van der Waals surface area (Å²) in [6.07, 6.45) is 8.89. The maximum Gasteiger partial charge on any atom is 0.326 e. The van der Waals surface area contributed by atoms with Crippen molar-refractivity contribution in [2.75, 3.05) is 55.2 Å². The quantitative estimate of drug-likeness (QED) is 0.0555. The number of carbonyl (C=O) groups is 3. The van der Waals surface area contributed by atoms with Crippen molar-refractivity contribution in [1.82, 2.24) is 45.6 Å². The topological polar surface area (TPSA) is 252 Å². The van der Waals surface area contributed by atoms with Crippen LogP contribution in [0.1, 0.15) is 109 Å². The SMILES string of the molecule is CSCCC(C)(C)OCCC(C)(C)c1cn(CCC(C)(C)OCCC(C)CNC(=O)CCC(NC(=O)c2ccc(N(C)Cc3cnc4nc(N)nc(N)c4n3)cc2)C(=O)O)nn1. The summed E-state index contributed by atoms with van der Waals surface area (Å²) in [5.41, 5.74) is 14.1. The van der Waals surface area contributed by atoms with E-state index in [9.17, 15) is 19.5 Å². The molecule has 1 aromatic carbocycles. The maximum absolute atomic E-state index is 13.0. The van der Waals surface area contributed by atoms with Crippen molar-refractivity contribution in [2.45, 2.75) is 123 Å². The lowest BCUT2D eigenvalue weighted by molar-refractivity contribution is -0.139. The number of ether oxygens (including phenoxy) is 2. The first-order valence-corrected chi connectivity index (χ1v) is 22.4. The molecule has 0 aliphatic heterocycles. The van der Waals surface area contributed by atoms with Crippen LogP contribution in [0.25, 0.3) is 11.2 Å². The van der Waals surface area contributed by atoms with E-state index in [1.165, 1.54) is 0 Å². The Hall–Kier alpha value is -5.14. The number of fused-ring (bicyclic) bond motifs is 1. The lowest BCUT2D eigenvalue weighted by Gasteiger charge is -2.28. The molecule has 0 saturated heterocycles. The number of thioether (sulfide) groups is 1. The van der Waals surface area contributed by atoms with Gasteiger partial charge < -0.3 is 41.6 Å². The first kappa shape index (κ1) is 49.5. The summed E-state index contributed by atoms with van der Waals surface area (Å²) in [4.78, 5) is 56.4. The zero-order chi connectivity index (χ0) is 45.7. The normalized spacial score (nSPS) is 13.2. The average molecular weight is 879 g/mol. The van der Waals surface area contributed by atoms with Crippen molar-refractivity contribution >= 4 is 58.2 Å². The number of carboxylic acid groups (broad SMARTS) is 1. The predicted octanol–water partition coefficient (Wildman–Crippen LogP) is 5.02. The number of amides is 2. The second-order valence-corrected chi connectivity index (χ2v) is 18.7. The average Bonchev–Trinajstić information content (AvgIpc) is 3.70.